The van der Waals surface area contributed by atoms with E-state index in [2.05, 4.69) is 5.32 Å². The van der Waals surface area contributed by atoms with Crippen molar-refractivity contribution in [2.24, 2.45) is 23.2 Å². The van der Waals surface area contributed by atoms with Gasteiger partial charge in [-0.15, -0.1) is 0 Å². The van der Waals surface area contributed by atoms with Gasteiger partial charge < -0.3 is 4.90 Å². The Hall–Kier alpha value is -0.570. The molecule has 3 heteroatoms. The van der Waals surface area contributed by atoms with Crippen molar-refractivity contribution < 1.29 is 4.79 Å². The molecule has 3 nitrogen and oxygen atoms in total. The Bertz CT molecular complexity index is 330. The van der Waals surface area contributed by atoms with Crippen molar-refractivity contribution in [3.05, 3.63) is 0 Å². The number of amides is 1. The van der Waals surface area contributed by atoms with Crippen molar-refractivity contribution >= 4 is 5.91 Å². The number of hydrogen-bond donors (Lipinski definition) is 1. The Morgan fingerprint density at radius 1 is 1.11 bits per heavy atom. The number of nitrogens with one attached hydrogen (secondary N) is 1. The van der Waals surface area contributed by atoms with Crippen molar-refractivity contribution in [1.29, 1.82) is 0 Å². The van der Waals surface area contributed by atoms with Crippen LogP contribution in [0.4, 0.5) is 0 Å². The van der Waals surface area contributed by atoms with Crippen molar-refractivity contribution in [1.82, 2.24) is 10.2 Å². The van der Waals surface area contributed by atoms with E-state index in [1.165, 1.54) is 44.9 Å². The summed E-state index contributed by atoms with van der Waals surface area (Å²) in [5.41, 5.74) is 0.623. The molecule has 5 fully saturated rings. The smallest absolute Gasteiger partial charge is 0.237 e. The van der Waals surface area contributed by atoms with Crippen LogP contribution in [0.5, 0.6) is 0 Å². The van der Waals surface area contributed by atoms with E-state index >= 15 is 0 Å². The number of hydrogen-bond acceptors (Lipinski definition) is 2. The van der Waals surface area contributed by atoms with Gasteiger partial charge in [0.1, 0.15) is 0 Å². The largest absolute Gasteiger partial charge is 0.329 e. The molecule has 5 rings (SSSR count). The standard InChI is InChI=1S/C15H24N2O/c18-14-9-16-10-17(14)2-1-15-6-11-3-12(7-15)5-13(4-11)8-15/h11-13,16H,1-10H2. The SMILES string of the molecule is O=C1CNCN1CCC12CC3CC(CC(C3)C1)C2. The molecule has 0 aromatic carbocycles. The van der Waals surface area contributed by atoms with Crippen LogP contribution in [0.15, 0.2) is 0 Å². The maximum atomic E-state index is 11.7. The van der Waals surface area contributed by atoms with Gasteiger partial charge >= 0.3 is 0 Å². The molecule has 4 bridgehead atoms. The van der Waals surface area contributed by atoms with Gasteiger partial charge in [0, 0.05) is 6.54 Å². The molecule has 0 atom stereocenters. The van der Waals surface area contributed by atoms with Gasteiger partial charge in [-0.05, 0) is 68.1 Å². The van der Waals surface area contributed by atoms with Crippen molar-refractivity contribution in [2.75, 3.05) is 19.8 Å². The minimum atomic E-state index is 0.305. The Balaban J connectivity index is 1.43. The maximum absolute atomic E-state index is 11.7. The molecule has 1 N–H and O–H groups in total. The Labute approximate surface area is 109 Å². The molecule has 1 aliphatic heterocycles. The van der Waals surface area contributed by atoms with Crippen LogP contribution in [-0.4, -0.2) is 30.6 Å². The third kappa shape index (κ3) is 1.78. The highest BCUT2D eigenvalue weighted by Crippen LogP contribution is 2.61. The van der Waals surface area contributed by atoms with E-state index in [-0.39, 0.29) is 0 Å². The molecule has 1 amide bonds. The molecule has 18 heavy (non-hydrogen) atoms. The second-order valence-corrected chi connectivity index (χ2v) is 7.41. The van der Waals surface area contributed by atoms with Crippen LogP contribution < -0.4 is 5.32 Å². The van der Waals surface area contributed by atoms with Crippen LogP contribution in [0.25, 0.3) is 0 Å². The molecule has 100 valence electrons. The molecule has 0 unspecified atom stereocenters. The number of rotatable bonds is 3. The van der Waals surface area contributed by atoms with E-state index in [1.807, 2.05) is 4.90 Å². The molecule has 1 heterocycles. The number of carbonyl (C=O) groups excluding carboxylic acids is 1. The first-order valence-electron chi connectivity index (χ1n) is 7.71. The summed E-state index contributed by atoms with van der Waals surface area (Å²) in [5, 5.41) is 3.16. The summed E-state index contributed by atoms with van der Waals surface area (Å²) in [5.74, 6) is 3.40. The summed E-state index contributed by atoms with van der Waals surface area (Å²) in [6.45, 7) is 2.34. The zero-order chi connectivity index (χ0) is 12.2. The van der Waals surface area contributed by atoms with Crippen LogP contribution in [0, 0.1) is 23.2 Å². The van der Waals surface area contributed by atoms with E-state index in [0.717, 1.165) is 31.0 Å². The molecule has 0 radical (unpaired) electrons. The summed E-state index contributed by atoms with van der Waals surface area (Å²) >= 11 is 0. The quantitative estimate of drug-likeness (QED) is 0.828. The highest BCUT2D eigenvalue weighted by molar-refractivity contribution is 5.79. The fraction of sp³-hybridized carbons (Fsp3) is 0.933. The maximum Gasteiger partial charge on any atom is 0.237 e. The van der Waals surface area contributed by atoms with Crippen LogP contribution in [0.3, 0.4) is 0 Å². The second-order valence-electron chi connectivity index (χ2n) is 7.41. The zero-order valence-electron chi connectivity index (χ0n) is 11.2. The molecule has 5 aliphatic rings. The third-order valence-electron chi connectivity index (χ3n) is 6.01. The van der Waals surface area contributed by atoms with Gasteiger partial charge in [-0.2, -0.15) is 0 Å². The molecule has 0 aromatic rings. The summed E-state index contributed by atoms with van der Waals surface area (Å²) in [7, 11) is 0. The van der Waals surface area contributed by atoms with E-state index in [4.69, 9.17) is 0 Å². The Kier molecular flexibility index (Phi) is 2.48. The number of nitrogens with zero attached hydrogens (tertiary/aromatic N) is 1. The average Bonchev–Trinajstić information content (AvgIpc) is 2.70. The summed E-state index contributed by atoms with van der Waals surface area (Å²) < 4.78 is 0. The molecule has 4 aliphatic carbocycles. The van der Waals surface area contributed by atoms with Gasteiger partial charge in [0.05, 0.1) is 13.2 Å². The van der Waals surface area contributed by atoms with E-state index in [9.17, 15) is 4.79 Å². The van der Waals surface area contributed by atoms with E-state index in [1.54, 1.807) is 0 Å². The predicted molar refractivity (Wildman–Crippen MR) is 69.8 cm³/mol. The van der Waals surface area contributed by atoms with Crippen LogP contribution >= 0.6 is 0 Å². The van der Waals surface area contributed by atoms with Crippen LogP contribution in [-0.2, 0) is 4.79 Å². The van der Waals surface area contributed by atoms with Crippen molar-refractivity contribution in [2.45, 2.75) is 44.9 Å². The van der Waals surface area contributed by atoms with Gasteiger partial charge in [-0.3, -0.25) is 10.1 Å². The van der Waals surface area contributed by atoms with E-state index in [0.29, 0.717) is 17.9 Å². The fourth-order valence-electron chi connectivity index (χ4n) is 5.67. The first-order chi connectivity index (χ1) is 8.72. The molecular weight excluding hydrogens is 224 g/mol. The minimum Gasteiger partial charge on any atom is -0.329 e. The van der Waals surface area contributed by atoms with Gasteiger partial charge in [0.25, 0.3) is 0 Å². The number of carbonyl (C=O) groups is 1. The zero-order valence-corrected chi connectivity index (χ0v) is 11.2. The van der Waals surface area contributed by atoms with Gasteiger partial charge in [0.15, 0.2) is 0 Å². The van der Waals surface area contributed by atoms with Gasteiger partial charge in [0.2, 0.25) is 5.91 Å². The van der Waals surface area contributed by atoms with Crippen molar-refractivity contribution in [3.8, 4) is 0 Å². The Morgan fingerprint density at radius 2 is 1.72 bits per heavy atom. The lowest BCUT2D eigenvalue weighted by atomic mass is 9.49. The summed E-state index contributed by atoms with van der Waals surface area (Å²) in [4.78, 5) is 13.7. The molecule has 1 saturated heterocycles. The minimum absolute atomic E-state index is 0.305. The van der Waals surface area contributed by atoms with Crippen LogP contribution in [0.2, 0.25) is 0 Å². The summed E-state index contributed by atoms with van der Waals surface area (Å²) in [6, 6.07) is 0. The second kappa shape index (κ2) is 3.96. The summed E-state index contributed by atoms with van der Waals surface area (Å²) in [6.07, 6.45) is 10.2. The average molecular weight is 248 g/mol. The highest BCUT2D eigenvalue weighted by Gasteiger charge is 2.50. The fourth-order valence-corrected chi connectivity index (χ4v) is 5.67. The first-order valence-corrected chi connectivity index (χ1v) is 7.71. The lowest BCUT2D eigenvalue weighted by molar-refractivity contribution is -0.127. The topological polar surface area (TPSA) is 32.3 Å². The first kappa shape index (κ1) is 11.3. The highest BCUT2D eigenvalue weighted by atomic mass is 16.2. The lowest BCUT2D eigenvalue weighted by Crippen LogP contribution is -2.47. The molecule has 0 spiro atoms. The molecular formula is C15H24N2O. The monoisotopic (exact) mass is 248 g/mol. The van der Waals surface area contributed by atoms with E-state index < -0.39 is 0 Å². The lowest BCUT2D eigenvalue weighted by Gasteiger charge is -2.57. The van der Waals surface area contributed by atoms with Crippen molar-refractivity contribution in [3.63, 3.8) is 0 Å². The molecule has 0 aromatic heterocycles. The Morgan fingerprint density at radius 3 is 2.22 bits per heavy atom. The normalized spacial score (nSPS) is 46.1. The molecule has 4 saturated carbocycles. The third-order valence-corrected chi connectivity index (χ3v) is 6.01. The van der Waals surface area contributed by atoms with Gasteiger partial charge in [-0.1, -0.05) is 0 Å². The van der Waals surface area contributed by atoms with Crippen LogP contribution in [0.1, 0.15) is 44.9 Å². The van der Waals surface area contributed by atoms with Gasteiger partial charge in [-0.25, -0.2) is 0 Å². The predicted octanol–water partition coefficient (Wildman–Crippen LogP) is 1.98.